The number of ether oxygens (including phenoxy) is 1. The number of hydrogen-bond donors (Lipinski definition) is 1. The van der Waals surface area contributed by atoms with E-state index < -0.39 is 28.5 Å². The summed E-state index contributed by atoms with van der Waals surface area (Å²) < 4.78 is 34.0. The van der Waals surface area contributed by atoms with Crippen LogP contribution in [0.5, 0.6) is 5.75 Å². The highest BCUT2D eigenvalue weighted by molar-refractivity contribution is 7.92. The monoisotopic (exact) mass is 585 g/mol. The van der Waals surface area contributed by atoms with Crippen LogP contribution in [0.2, 0.25) is 5.02 Å². The van der Waals surface area contributed by atoms with E-state index in [2.05, 4.69) is 5.32 Å². The molecule has 0 spiro atoms. The molecule has 0 bridgehead atoms. The maximum Gasteiger partial charge on any atom is 0.264 e. The Labute approximate surface area is 241 Å². The van der Waals surface area contributed by atoms with Gasteiger partial charge in [-0.15, -0.1) is 0 Å². The first kappa shape index (κ1) is 31.0. The van der Waals surface area contributed by atoms with Crippen molar-refractivity contribution in [2.45, 2.75) is 50.6 Å². The quantitative estimate of drug-likeness (QED) is 0.260. The van der Waals surface area contributed by atoms with Crippen molar-refractivity contribution in [1.29, 1.82) is 0 Å². The van der Waals surface area contributed by atoms with Crippen LogP contribution in [0.4, 0.5) is 5.69 Å². The van der Waals surface area contributed by atoms with Gasteiger partial charge in [-0.25, -0.2) is 8.42 Å². The van der Waals surface area contributed by atoms with Crippen LogP contribution in [-0.4, -0.2) is 51.4 Å². The zero-order chi connectivity index (χ0) is 29.1. The number of benzene rings is 3. The zero-order valence-corrected chi connectivity index (χ0v) is 24.6. The van der Waals surface area contributed by atoms with Gasteiger partial charge in [0.1, 0.15) is 18.3 Å². The molecule has 3 rings (SSSR count). The molecule has 1 atom stereocenters. The van der Waals surface area contributed by atoms with Gasteiger partial charge in [0.2, 0.25) is 11.8 Å². The molecule has 0 saturated carbocycles. The Balaban J connectivity index is 2.03. The predicted molar refractivity (Wildman–Crippen MR) is 158 cm³/mol. The van der Waals surface area contributed by atoms with Crippen LogP contribution in [0, 0.1) is 0 Å². The highest BCUT2D eigenvalue weighted by atomic mass is 35.5. The average molecular weight is 586 g/mol. The molecular formula is C30H36ClN3O5S. The van der Waals surface area contributed by atoms with Gasteiger partial charge in [-0.3, -0.25) is 13.9 Å². The number of amides is 2. The molecule has 0 saturated heterocycles. The van der Waals surface area contributed by atoms with Crippen molar-refractivity contribution in [1.82, 2.24) is 10.2 Å². The summed E-state index contributed by atoms with van der Waals surface area (Å²) in [5.74, 6) is -0.204. The molecule has 40 heavy (non-hydrogen) atoms. The summed E-state index contributed by atoms with van der Waals surface area (Å²) >= 11 is 6.21. The van der Waals surface area contributed by atoms with E-state index in [1.54, 1.807) is 61.7 Å². The molecule has 0 aromatic heterocycles. The van der Waals surface area contributed by atoms with Crippen LogP contribution in [0.25, 0.3) is 0 Å². The van der Waals surface area contributed by atoms with Crippen LogP contribution in [0.1, 0.15) is 38.7 Å². The molecule has 2 amide bonds. The fourth-order valence-corrected chi connectivity index (χ4v) is 5.88. The van der Waals surface area contributed by atoms with Crippen molar-refractivity contribution >= 4 is 39.1 Å². The zero-order valence-electron chi connectivity index (χ0n) is 23.0. The minimum atomic E-state index is -4.15. The minimum absolute atomic E-state index is 0.0338. The van der Waals surface area contributed by atoms with Gasteiger partial charge in [-0.1, -0.05) is 68.3 Å². The van der Waals surface area contributed by atoms with Crippen molar-refractivity contribution in [3.63, 3.8) is 0 Å². The van der Waals surface area contributed by atoms with Gasteiger partial charge in [-0.05, 0) is 60.9 Å². The van der Waals surface area contributed by atoms with Crippen LogP contribution >= 0.6 is 11.6 Å². The van der Waals surface area contributed by atoms with E-state index in [-0.39, 0.29) is 23.0 Å². The number of hydrogen-bond acceptors (Lipinski definition) is 5. The molecule has 1 N–H and O–H groups in total. The van der Waals surface area contributed by atoms with Crippen LogP contribution in [-0.2, 0) is 26.2 Å². The van der Waals surface area contributed by atoms with Crippen LogP contribution in [0.15, 0.2) is 83.8 Å². The SMILES string of the molecule is CCCCNC(=O)[C@H](CC)N(Cc1cccc(OC)c1)C(=O)CN(c1cccc(Cl)c1)S(=O)(=O)c1ccccc1. The average Bonchev–Trinajstić information content (AvgIpc) is 2.96. The summed E-state index contributed by atoms with van der Waals surface area (Å²) in [5.41, 5.74) is 0.985. The molecular weight excluding hydrogens is 550 g/mol. The fourth-order valence-electron chi connectivity index (χ4n) is 4.27. The standard InChI is InChI=1S/C30H36ClN3O5S/c1-4-6-18-32-30(36)28(5-2)33(21-23-12-10-15-26(19-23)39-3)29(35)22-34(25-14-11-13-24(31)20-25)40(37,38)27-16-8-7-9-17-27/h7-17,19-20,28H,4-6,18,21-22H2,1-3H3,(H,32,36)/t28-/m0/s1. The molecule has 10 heteroatoms. The van der Waals surface area contributed by atoms with Gasteiger partial charge in [0.15, 0.2) is 0 Å². The molecule has 0 fully saturated rings. The third-order valence-corrected chi connectivity index (χ3v) is 8.43. The number of anilines is 1. The van der Waals surface area contributed by atoms with Crippen molar-refractivity contribution < 1.29 is 22.7 Å². The number of nitrogens with one attached hydrogen (secondary N) is 1. The first-order valence-corrected chi connectivity index (χ1v) is 15.1. The number of sulfonamides is 1. The second kappa shape index (κ2) is 14.7. The summed E-state index contributed by atoms with van der Waals surface area (Å²) in [6.07, 6.45) is 2.07. The van der Waals surface area contributed by atoms with Crippen molar-refractivity contribution in [3.8, 4) is 5.75 Å². The van der Waals surface area contributed by atoms with E-state index in [1.807, 2.05) is 19.9 Å². The normalized spacial score (nSPS) is 11.9. The summed E-state index contributed by atoms with van der Waals surface area (Å²) in [5, 5.41) is 3.25. The Morgan fingerprint density at radius 2 is 1.70 bits per heavy atom. The Hall–Kier alpha value is -3.56. The van der Waals surface area contributed by atoms with Crippen molar-refractivity contribution in [2.75, 3.05) is 24.5 Å². The minimum Gasteiger partial charge on any atom is -0.497 e. The molecule has 3 aromatic carbocycles. The lowest BCUT2D eigenvalue weighted by Gasteiger charge is -2.33. The summed E-state index contributed by atoms with van der Waals surface area (Å²) in [7, 11) is -2.60. The van der Waals surface area contributed by atoms with E-state index >= 15 is 0 Å². The van der Waals surface area contributed by atoms with E-state index in [1.165, 1.54) is 23.1 Å². The largest absolute Gasteiger partial charge is 0.497 e. The summed E-state index contributed by atoms with van der Waals surface area (Å²) in [4.78, 5) is 28.8. The first-order chi connectivity index (χ1) is 19.2. The molecule has 8 nitrogen and oxygen atoms in total. The van der Waals surface area contributed by atoms with Crippen molar-refractivity contribution in [2.24, 2.45) is 0 Å². The van der Waals surface area contributed by atoms with Gasteiger partial charge in [0.05, 0.1) is 17.7 Å². The number of halogens is 1. The number of carbonyl (C=O) groups is 2. The number of carbonyl (C=O) groups excluding carboxylic acids is 2. The maximum atomic E-state index is 14.1. The Bertz CT molecular complexity index is 1380. The molecule has 214 valence electrons. The lowest BCUT2D eigenvalue weighted by Crippen LogP contribution is -2.52. The number of nitrogens with zero attached hydrogens (tertiary/aromatic N) is 2. The highest BCUT2D eigenvalue weighted by Crippen LogP contribution is 2.27. The number of methoxy groups -OCH3 is 1. The fraction of sp³-hybridized carbons (Fsp3) is 0.333. The Morgan fingerprint density at radius 1 is 0.975 bits per heavy atom. The topological polar surface area (TPSA) is 96.0 Å². The van der Waals surface area contributed by atoms with Gasteiger partial charge in [-0.2, -0.15) is 0 Å². The molecule has 0 aliphatic carbocycles. The molecule has 0 radical (unpaired) electrons. The van der Waals surface area contributed by atoms with Gasteiger partial charge in [0, 0.05) is 18.1 Å². The molecule has 0 aliphatic rings. The van der Waals surface area contributed by atoms with Gasteiger partial charge >= 0.3 is 0 Å². The second-order valence-corrected chi connectivity index (χ2v) is 11.5. The van der Waals surface area contributed by atoms with Crippen LogP contribution < -0.4 is 14.4 Å². The van der Waals surface area contributed by atoms with Gasteiger partial charge < -0.3 is 15.0 Å². The molecule has 0 unspecified atom stereocenters. The first-order valence-electron chi connectivity index (χ1n) is 13.2. The summed E-state index contributed by atoms with van der Waals surface area (Å²) in [6, 6.07) is 20.6. The van der Waals surface area contributed by atoms with E-state index in [4.69, 9.17) is 16.3 Å². The molecule has 0 heterocycles. The van der Waals surface area contributed by atoms with E-state index in [0.29, 0.717) is 23.7 Å². The second-order valence-electron chi connectivity index (χ2n) is 9.25. The smallest absolute Gasteiger partial charge is 0.264 e. The lowest BCUT2D eigenvalue weighted by atomic mass is 10.1. The number of unbranched alkanes of at least 4 members (excludes halogenated alkanes) is 1. The summed E-state index contributed by atoms with van der Waals surface area (Å²) in [6.45, 7) is 3.90. The molecule has 3 aromatic rings. The van der Waals surface area contributed by atoms with Gasteiger partial charge in [0.25, 0.3) is 10.0 Å². The highest BCUT2D eigenvalue weighted by Gasteiger charge is 2.33. The predicted octanol–water partition coefficient (Wildman–Crippen LogP) is 5.27. The van der Waals surface area contributed by atoms with E-state index in [0.717, 1.165) is 22.7 Å². The Morgan fingerprint density at radius 3 is 2.35 bits per heavy atom. The third kappa shape index (κ3) is 7.99. The lowest BCUT2D eigenvalue weighted by molar-refractivity contribution is -0.140. The Kier molecular flexibility index (Phi) is 11.4. The maximum absolute atomic E-state index is 14.1. The van der Waals surface area contributed by atoms with Crippen molar-refractivity contribution in [3.05, 3.63) is 89.4 Å². The third-order valence-electron chi connectivity index (χ3n) is 6.41. The van der Waals surface area contributed by atoms with Crippen LogP contribution in [0.3, 0.4) is 0 Å². The number of rotatable bonds is 14. The van der Waals surface area contributed by atoms with E-state index in [9.17, 15) is 18.0 Å². The molecule has 0 aliphatic heterocycles.